The second-order valence-electron chi connectivity index (χ2n) is 7.90. The Bertz CT molecular complexity index is 1360. The van der Waals surface area contributed by atoms with Gasteiger partial charge in [0.1, 0.15) is 0 Å². The third-order valence-corrected chi connectivity index (χ3v) is 6.35. The Morgan fingerprint density at radius 3 is 2.58 bits per heavy atom. The largest absolute Gasteiger partial charge is 0.493 e. The summed E-state index contributed by atoms with van der Waals surface area (Å²) in [7, 11) is 3.09. The molecule has 0 saturated heterocycles. The quantitative estimate of drug-likeness (QED) is 0.152. The van der Waals surface area contributed by atoms with Crippen molar-refractivity contribution in [2.75, 3.05) is 25.3 Å². The third kappa shape index (κ3) is 7.32. The van der Waals surface area contributed by atoms with Gasteiger partial charge in [-0.2, -0.15) is 0 Å². The first-order valence-electron chi connectivity index (χ1n) is 11.5. The van der Waals surface area contributed by atoms with E-state index in [-0.39, 0.29) is 29.8 Å². The van der Waals surface area contributed by atoms with Gasteiger partial charge >= 0.3 is 0 Å². The van der Waals surface area contributed by atoms with Crippen molar-refractivity contribution >= 4 is 41.0 Å². The van der Waals surface area contributed by atoms with Crippen molar-refractivity contribution in [1.29, 1.82) is 0 Å². The molecule has 1 heterocycles. The highest BCUT2D eigenvalue weighted by Crippen LogP contribution is 2.28. The van der Waals surface area contributed by atoms with Gasteiger partial charge in [-0.05, 0) is 43.7 Å². The van der Waals surface area contributed by atoms with E-state index in [4.69, 9.17) is 9.47 Å². The number of carbonyl (C=O) groups is 2. The van der Waals surface area contributed by atoms with Crippen LogP contribution in [0.2, 0.25) is 0 Å². The van der Waals surface area contributed by atoms with E-state index in [1.807, 2.05) is 6.92 Å². The average Bonchev–Trinajstić information content (AvgIpc) is 3.31. The lowest BCUT2D eigenvalue weighted by Crippen LogP contribution is -2.22. The Morgan fingerprint density at radius 2 is 1.89 bits per heavy atom. The number of ether oxygens (including phenoxy) is 2. The van der Waals surface area contributed by atoms with Crippen molar-refractivity contribution in [1.82, 2.24) is 20.1 Å². The van der Waals surface area contributed by atoms with E-state index in [0.29, 0.717) is 40.3 Å². The lowest BCUT2D eigenvalue weighted by atomic mass is 10.2. The zero-order valence-corrected chi connectivity index (χ0v) is 22.2. The molecule has 200 valence electrons. The second kappa shape index (κ2) is 13.2. The van der Waals surface area contributed by atoms with Crippen molar-refractivity contribution in [2.45, 2.75) is 32.1 Å². The van der Waals surface area contributed by atoms with Gasteiger partial charge in [-0.15, -0.1) is 10.2 Å². The third-order valence-electron chi connectivity index (χ3n) is 5.39. The van der Waals surface area contributed by atoms with Gasteiger partial charge in [-0.1, -0.05) is 23.9 Å². The highest BCUT2D eigenvalue weighted by atomic mass is 32.2. The van der Waals surface area contributed by atoms with Crippen LogP contribution in [-0.4, -0.2) is 51.5 Å². The molecule has 0 radical (unpaired) electrons. The summed E-state index contributed by atoms with van der Waals surface area (Å²) >= 11 is 1.18. The summed E-state index contributed by atoms with van der Waals surface area (Å²) in [6, 6.07) is 9.84. The Balaban J connectivity index is 1.55. The Labute approximate surface area is 223 Å². The van der Waals surface area contributed by atoms with Crippen LogP contribution in [0.15, 0.2) is 47.6 Å². The van der Waals surface area contributed by atoms with Crippen LogP contribution in [0.4, 0.5) is 11.4 Å². The van der Waals surface area contributed by atoms with Gasteiger partial charge in [-0.25, -0.2) is 0 Å². The molecule has 38 heavy (non-hydrogen) atoms. The fourth-order valence-corrected chi connectivity index (χ4v) is 4.26. The number of hydrogen-bond acceptors (Lipinski definition) is 9. The van der Waals surface area contributed by atoms with Crippen LogP contribution < -0.4 is 20.1 Å². The van der Waals surface area contributed by atoms with Crippen LogP contribution in [0, 0.1) is 17.0 Å². The lowest BCUT2D eigenvalue weighted by molar-refractivity contribution is -0.385. The molecule has 2 N–H and O–H groups in total. The molecular formula is C25H28N6O6S. The summed E-state index contributed by atoms with van der Waals surface area (Å²) in [5, 5.41) is 25.3. The number of rotatable bonds is 12. The predicted octanol–water partition coefficient (Wildman–Crippen LogP) is 3.59. The summed E-state index contributed by atoms with van der Waals surface area (Å²) in [4.78, 5) is 35.4. The van der Waals surface area contributed by atoms with E-state index >= 15 is 0 Å². The standard InChI is InChI=1S/C25H28N6O6S/c1-5-30-22(14-26-23(32)11-8-17-7-10-20(36-3)21(12-17)37-4)28-29-25(30)38-15-24(33)27-18-9-6-16(2)19(13-18)31(34)35/h6-13H,5,14-15H2,1-4H3,(H,26,32)(H,27,33)/b11-8+. The number of benzene rings is 2. The van der Waals surface area contributed by atoms with Gasteiger partial charge in [0.15, 0.2) is 22.5 Å². The number of aromatic nitrogens is 3. The van der Waals surface area contributed by atoms with Crippen molar-refractivity contribution in [3.8, 4) is 11.5 Å². The SMILES string of the molecule is CCn1c(CNC(=O)/C=C/c2ccc(OC)c(OC)c2)nnc1SCC(=O)Nc1ccc(C)c([N+](=O)[O-])c1. The molecule has 0 aliphatic rings. The van der Waals surface area contributed by atoms with Crippen LogP contribution in [0.25, 0.3) is 6.08 Å². The highest BCUT2D eigenvalue weighted by molar-refractivity contribution is 7.99. The second-order valence-corrected chi connectivity index (χ2v) is 8.85. The minimum absolute atomic E-state index is 0.0280. The fourth-order valence-electron chi connectivity index (χ4n) is 3.44. The number of aryl methyl sites for hydroxylation is 1. The van der Waals surface area contributed by atoms with Gasteiger partial charge in [0.2, 0.25) is 11.8 Å². The predicted molar refractivity (Wildman–Crippen MR) is 143 cm³/mol. The maximum atomic E-state index is 12.4. The lowest BCUT2D eigenvalue weighted by Gasteiger charge is -2.09. The number of amides is 2. The molecule has 2 aromatic carbocycles. The van der Waals surface area contributed by atoms with Gasteiger partial charge in [0.05, 0.1) is 31.4 Å². The Hall–Kier alpha value is -4.39. The number of methoxy groups -OCH3 is 2. The molecule has 2 amide bonds. The van der Waals surface area contributed by atoms with Crippen molar-refractivity contribution in [3.63, 3.8) is 0 Å². The molecule has 0 unspecified atom stereocenters. The zero-order valence-electron chi connectivity index (χ0n) is 21.4. The summed E-state index contributed by atoms with van der Waals surface area (Å²) in [5.74, 6) is 1.07. The minimum Gasteiger partial charge on any atom is -0.493 e. The van der Waals surface area contributed by atoms with Crippen LogP contribution in [0.3, 0.4) is 0 Å². The number of thioether (sulfide) groups is 1. The Morgan fingerprint density at radius 1 is 1.13 bits per heavy atom. The maximum Gasteiger partial charge on any atom is 0.274 e. The minimum atomic E-state index is -0.490. The topological polar surface area (TPSA) is 151 Å². The number of nitrogens with zero attached hydrogens (tertiary/aromatic N) is 4. The number of nitro groups is 1. The van der Waals surface area contributed by atoms with E-state index in [1.54, 1.807) is 62.1 Å². The number of nitro benzene ring substituents is 1. The summed E-state index contributed by atoms with van der Waals surface area (Å²) in [5.41, 5.74) is 1.56. The Kier molecular flexibility index (Phi) is 9.82. The number of hydrogen-bond donors (Lipinski definition) is 2. The van der Waals surface area contributed by atoms with Gasteiger partial charge in [0.25, 0.3) is 5.69 Å². The molecule has 0 saturated carbocycles. The van der Waals surface area contributed by atoms with Crippen LogP contribution in [0.1, 0.15) is 23.9 Å². The molecule has 3 rings (SSSR count). The van der Waals surface area contributed by atoms with Crippen molar-refractivity contribution < 1.29 is 24.0 Å². The van der Waals surface area contributed by atoms with E-state index in [0.717, 1.165) is 5.56 Å². The molecule has 0 aliphatic carbocycles. The molecule has 0 bridgehead atoms. The van der Waals surface area contributed by atoms with Crippen LogP contribution in [-0.2, 0) is 22.7 Å². The molecule has 0 aliphatic heterocycles. The smallest absolute Gasteiger partial charge is 0.274 e. The first-order chi connectivity index (χ1) is 18.2. The van der Waals surface area contributed by atoms with Crippen molar-refractivity contribution in [2.24, 2.45) is 0 Å². The van der Waals surface area contributed by atoms with Gasteiger partial charge in [-0.3, -0.25) is 19.7 Å². The molecular weight excluding hydrogens is 512 g/mol. The number of carbonyl (C=O) groups excluding carboxylic acids is 2. The fraction of sp³-hybridized carbons (Fsp3) is 0.280. The summed E-state index contributed by atoms with van der Waals surface area (Å²) in [6.07, 6.45) is 3.06. The molecule has 13 heteroatoms. The van der Waals surface area contributed by atoms with Gasteiger partial charge < -0.3 is 24.7 Å². The molecule has 3 aromatic rings. The summed E-state index contributed by atoms with van der Waals surface area (Å²) in [6.45, 7) is 4.22. The van der Waals surface area contributed by atoms with Crippen LogP contribution in [0.5, 0.6) is 11.5 Å². The average molecular weight is 541 g/mol. The maximum absolute atomic E-state index is 12.4. The normalized spacial score (nSPS) is 10.8. The summed E-state index contributed by atoms with van der Waals surface area (Å²) < 4.78 is 12.3. The van der Waals surface area contributed by atoms with Gasteiger partial charge in [0, 0.05) is 29.9 Å². The van der Waals surface area contributed by atoms with E-state index in [9.17, 15) is 19.7 Å². The first-order valence-corrected chi connectivity index (χ1v) is 12.5. The molecule has 0 atom stereocenters. The van der Waals surface area contributed by atoms with Crippen molar-refractivity contribution in [3.05, 3.63) is 69.5 Å². The zero-order chi connectivity index (χ0) is 27.7. The molecule has 1 aromatic heterocycles. The van der Waals surface area contributed by atoms with Crippen LogP contribution >= 0.6 is 11.8 Å². The number of anilines is 1. The number of nitrogens with one attached hydrogen (secondary N) is 2. The molecule has 0 fully saturated rings. The first kappa shape index (κ1) is 28.2. The molecule has 12 nitrogen and oxygen atoms in total. The monoisotopic (exact) mass is 540 g/mol. The van der Waals surface area contributed by atoms with E-state index in [2.05, 4.69) is 20.8 Å². The molecule has 0 spiro atoms. The highest BCUT2D eigenvalue weighted by Gasteiger charge is 2.15. The van der Waals surface area contributed by atoms with E-state index in [1.165, 1.54) is 23.9 Å². The van der Waals surface area contributed by atoms with E-state index < -0.39 is 4.92 Å².